The van der Waals surface area contributed by atoms with E-state index in [2.05, 4.69) is 19.2 Å². The molecule has 0 amide bonds. The molecular formula is C10H19N. The maximum absolute atomic E-state index is 3.45. The van der Waals surface area contributed by atoms with Crippen molar-refractivity contribution in [3.63, 3.8) is 0 Å². The number of nitrogens with one attached hydrogen (secondary N) is 1. The van der Waals surface area contributed by atoms with E-state index in [1.807, 2.05) is 0 Å². The van der Waals surface area contributed by atoms with E-state index in [1.54, 1.807) is 0 Å². The van der Waals surface area contributed by atoms with Gasteiger partial charge in [-0.1, -0.05) is 13.8 Å². The van der Waals surface area contributed by atoms with Gasteiger partial charge in [0.15, 0.2) is 0 Å². The Bertz CT molecular complexity index is 147. The van der Waals surface area contributed by atoms with Crippen LogP contribution in [0.15, 0.2) is 0 Å². The van der Waals surface area contributed by atoms with Crippen molar-refractivity contribution in [3.8, 4) is 0 Å². The van der Waals surface area contributed by atoms with Crippen molar-refractivity contribution in [2.75, 3.05) is 13.1 Å². The zero-order valence-corrected chi connectivity index (χ0v) is 7.69. The fraction of sp³-hybridized carbons (Fsp3) is 1.00. The summed E-state index contributed by atoms with van der Waals surface area (Å²) in [6, 6.07) is 0. The van der Waals surface area contributed by atoms with Crippen molar-refractivity contribution < 1.29 is 0 Å². The molecule has 64 valence electrons. The van der Waals surface area contributed by atoms with Gasteiger partial charge in [-0.2, -0.15) is 0 Å². The Morgan fingerprint density at radius 1 is 1.36 bits per heavy atom. The maximum Gasteiger partial charge on any atom is -0.00151 e. The minimum atomic E-state index is 0.849. The highest BCUT2D eigenvalue weighted by atomic mass is 14.9. The Morgan fingerprint density at radius 2 is 2.09 bits per heavy atom. The molecule has 1 heteroatoms. The zero-order chi connectivity index (χ0) is 7.90. The molecule has 0 aromatic carbocycles. The largest absolute Gasteiger partial charge is 0.317 e. The Kier molecular flexibility index (Phi) is 1.71. The summed E-state index contributed by atoms with van der Waals surface area (Å²) < 4.78 is 0. The van der Waals surface area contributed by atoms with Crippen molar-refractivity contribution in [1.82, 2.24) is 5.32 Å². The van der Waals surface area contributed by atoms with Gasteiger partial charge in [0, 0.05) is 0 Å². The van der Waals surface area contributed by atoms with Gasteiger partial charge in [-0.3, -0.25) is 0 Å². The first kappa shape index (κ1) is 7.60. The summed E-state index contributed by atoms with van der Waals surface area (Å²) >= 11 is 0. The summed E-state index contributed by atoms with van der Waals surface area (Å²) in [5.41, 5.74) is 0.849. The zero-order valence-electron chi connectivity index (χ0n) is 7.69. The van der Waals surface area contributed by atoms with E-state index in [0.717, 1.165) is 23.8 Å². The molecule has 0 saturated heterocycles. The summed E-state index contributed by atoms with van der Waals surface area (Å²) in [6.07, 6.45) is 4.55. The van der Waals surface area contributed by atoms with E-state index in [4.69, 9.17) is 0 Å². The van der Waals surface area contributed by atoms with E-state index in [-0.39, 0.29) is 0 Å². The molecule has 2 fully saturated rings. The molecule has 0 aliphatic heterocycles. The van der Waals surface area contributed by atoms with Crippen LogP contribution in [0.3, 0.4) is 0 Å². The van der Waals surface area contributed by atoms with Crippen LogP contribution in [0.1, 0.15) is 33.1 Å². The first-order chi connectivity index (χ1) is 5.27. The predicted molar refractivity (Wildman–Crippen MR) is 47.5 cm³/mol. The predicted octanol–water partition coefficient (Wildman–Crippen LogP) is 2.03. The number of hydrogen-bond acceptors (Lipinski definition) is 1. The van der Waals surface area contributed by atoms with Gasteiger partial charge in [-0.05, 0) is 49.6 Å². The lowest BCUT2D eigenvalue weighted by Gasteiger charge is -2.34. The smallest absolute Gasteiger partial charge is 0.00151 e. The van der Waals surface area contributed by atoms with Gasteiger partial charge in [0.1, 0.15) is 0 Å². The molecule has 1 N–H and O–H groups in total. The molecule has 2 saturated carbocycles. The molecule has 1 nitrogen and oxygen atoms in total. The highest BCUT2D eigenvalue weighted by molar-refractivity contribution is 5.09. The lowest BCUT2D eigenvalue weighted by atomic mass is 9.71. The Balaban J connectivity index is 1.70. The molecule has 2 aliphatic rings. The molecule has 1 unspecified atom stereocenters. The van der Waals surface area contributed by atoms with Gasteiger partial charge >= 0.3 is 0 Å². The summed E-state index contributed by atoms with van der Waals surface area (Å²) in [7, 11) is 0. The van der Waals surface area contributed by atoms with Crippen LogP contribution in [0.4, 0.5) is 0 Å². The summed E-state index contributed by atoms with van der Waals surface area (Å²) in [5.74, 6) is 2.07. The molecule has 0 aromatic rings. The van der Waals surface area contributed by atoms with Gasteiger partial charge in [0.25, 0.3) is 0 Å². The average molecular weight is 153 g/mol. The van der Waals surface area contributed by atoms with Crippen molar-refractivity contribution in [2.45, 2.75) is 33.1 Å². The number of hydrogen-bond donors (Lipinski definition) is 1. The van der Waals surface area contributed by atoms with E-state index in [1.165, 1.54) is 25.8 Å². The molecule has 2 rings (SSSR count). The summed E-state index contributed by atoms with van der Waals surface area (Å²) in [4.78, 5) is 0. The average Bonchev–Trinajstić information content (AvgIpc) is 2.58. The van der Waals surface area contributed by atoms with Gasteiger partial charge in [0.05, 0.1) is 0 Å². The Morgan fingerprint density at radius 3 is 2.64 bits per heavy atom. The summed E-state index contributed by atoms with van der Waals surface area (Å²) in [6.45, 7) is 7.00. The molecule has 1 atom stereocenters. The minimum Gasteiger partial charge on any atom is -0.317 e. The molecule has 11 heavy (non-hydrogen) atoms. The van der Waals surface area contributed by atoms with Gasteiger partial charge < -0.3 is 5.32 Å². The molecule has 0 aromatic heterocycles. The van der Waals surface area contributed by atoms with E-state index < -0.39 is 0 Å². The van der Waals surface area contributed by atoms with Crippen LogP contribution >= 0.6 is 0 Å². The molecule has 2 aliphatic carbocycles. The summed E-state index contributed by atoms with van der Waals surface area (Å²) in [5, 5.41) is 3.45. The van der Waals surface area contributed by atoms with Crippen molar-refractivity contribution in [1.29, 1.82) is 0 Å². The van der Waals surface area contributed by atoms with Crippen molar-refractivity contribution in [3.05, 3.63) is 0 Å². The maximum atomic E-state index is 3.45. The van der Waals surface area contributed by atoms with Gasteiger partial charge in [-0.15, -0.1) is 0 Å². The third-order valence-electron chi connectivity index (χ3n) is 3.51. The van der Waals surface area contributed by atoms with E-state index >= 15 is 0 Å². The van der Waals surface area contributed by atoms with Crippen LogP contribution < -0.4 is 5.32 Å². The second-order valence-corrected chi connectivity index (χ2v) is 4.58. The fourth-order valence-electron chi connectivity index (χ4n) is 2.87. The van der Waals surface area contributed by atoms with Crippen LogP contribution in [-0.2, 0) is 0 Å². The third kappa shape index (κ3) is 1.20. The van der Waals surface area contributed by atoms with Crippen LogP contribution in [0.2, 0.25) is 0 Å². The topological polar surface area (TPSA) is 12.0 Å². The van der Waals surface area contributed by atoms with Gasteiger partial charge in [-0.25, -0.2) is 0 Å². The molecule has 0 radical (unpaired) electrons. The van der Waals surface area contributed by atoms with Crippen LogP contribution in [0, 0.1) is 17.3 Å². The Labute approximate surface area is 69.6 Å². The van der Waals surface area contributed by atoms with Crippen LogP contribution in [0.5, 0.6) is 0 Å². The van der Waals surface area contributed by atoms with E-state index in [0.29, 0.717) is 0 Å². The second-order valence-electron chi connectivity index (χ2n) is 4.58. The fourth-order valence-corrected chi connectivity index (χ4v) is 2.87. The highest BCUT2D eigenvalue weighted by Gasteiger charge is 2.59. The standard InChI is InChI=1S/C10H19N/c1-3-11-7-9-6-10(9)4-8(2)5-10/h8-9,11H,3-7H2,1-2H3. The lowest BCUT2D eigenvalue weighted by Crippen LogP contribution is -2.28. The molecular weight excluding hydrogens is 134 g/mol. The monoisotopic (exact) mass is 153 g/mol. The molecule has 1 spiro atoms. The first-order valence-corrected chi connectivity index (χ1v) is 4.97. The number of rotatable bonds is 3. The quantitative estimate of drug-likeness (QED) is 0.654. The lowest BCUT2D eigenvalue weighted by molar-refractivity contribution is 0.165. The molecule has 0 heterocycles. The van der Waals surface area contributed by atoms with Gasteiger partial charge in [0.2, 0.25) is 0 Å². The van der Waals surface area contributed by atoms with E-state index in [9.17, 15) is 0 Å². The van der Waals surface area contributed by atoms with Crippen molar-refractivity contribution >= 4 is 0 Å². The van der Waals surface area contributed by atoms with Crippen LogP contribution in [0.25, 0.3) is 0 Å². The van der Waals surface area contributed by atoms with Crippen molar-refractivity contribution in [2.24, 2.45) is 17.3 Å². The normalized spacial score (nSPS) is 47.5. The Hall–Kier alpha value is -0.0400. The minimum absolute atomic E-state index is 0.849. The molecule has 0 bridgehead atoms. The SMILES string of the molecule is CCNCC1CC12CC(C)C2. The third-order valence-corrected chi connectivity index (χ3v) is 3.51. The first-order valence-electron chi connectivity index (χ1n) is 4.97. The van der Waals surface area contributed by atoms with Crippen LogP contribution in [-0.4, -0.2) is 13.1 Å². The highest BCUT2D eigenvalue weighted by Crippen LogP contribution is 2.67. The second kappa shape index (κ2) is 2.48.